The van der Waals surface area contributed by atoms with Crippen LogP contribution in [-0.4, -0.2) is 33.2 Å². The molecule has 0 bridgehead atoms. The number of hydrogen-bond donors (Lipinski definition) is 1. The molecule has 1 aromatic carbocycles. The second-order valence-corrected chi connectivity index (χ2v) is 6.19. The number of carbonyl (C=O) groups is 1. The third kappa shape index (κ3) is 4.10. The summed E-state index contributed by atoms with van der Waals surface area (Å²) in [5.74, 6) is 1.98. The van der Waals surface area contributed by atoms with Crippen molar-refractivity contribution in [3.63, 3.8) is 0 Å². The first-order valence-corrected chi connectivity index (χ1v) is 8.44. The molecule has 1 amide bonds. The molecule has 1 aromatic heterocycles. The Morgan fingerprint density at radius 1 is 1.25 bits per heavy atom. The largest absolute Gasteiger partial charge is 0.497 e. The monoisotopic (exact) mass is 329 g/mol. The van der Waals surface area contributed by atoms with Gasteiger partial charge in [-0.2, -0.15) is 4.68 Å². The maximum absolute atomic E-state index is 12.1. The SMILES string of the molecule is COc1ccc(-n2nnnc2CNC(=O)CC2CCCCC2)cc1. The van der Waals surface area contributed by atoms with Gasteiger partial charge in [-0.25, -0.2) is 0 Å². The summed E-state index contributed by atoms with van der Waals surface area (Å²) in [6, 6.07) is 7.45. The molecular weight excluding hydrogens is 306 g/mol. The number of nitrogens with one attached hydrogen (secondary N) is 1. The summed E-state index contributed by atoms with van der Waals surface area (Å²) in [6.45, 7) is 0.324. The fourth-order valence-corrected chi connectivity index (χ4v) is 3.14. The summed E-state index contributed by atoms with van der Waals surface area (Å²) in [4.78, 5) is 12.1. The first-order valence-electron chi connectivity index (χ1n) is 8.44. The molecule has 1 saturated carbocycles. The third-order valence-corrected chi connectivity index (χ3v) is 4.49. The number of aromatic nitrogens is 4. The van der Waals surface area contributed by atoms with E-state index in [-0.39, 0.29) is 5.91 Å². The van der Waals surface area contributed by atoms with Crippen molar-refractivity contribution < 1.29 is 9.53 Å². The van der Waals surface area contributed by atoms with Crippen LogP contribution in [0.3, 0.4) is 0 Å². The number of benzene rings is 1. The van der Waals surface area contributed by atoms with Crippen LogP contribution in [-0.2, 0) is 11.3 Å². The van der Waals surface area contributed by atoms with Crippen LogP contribution in [0.5, 0.6) is 5.75 Å². The molecule has 0 aliphatic heterocycles. The smallest absolute Gasteiger partial charge is 0.220 e. The first kappa shape index (κ1) is 16.4. The van der Waals surface area contributed by atoms with Crippen molar-refractivity contribution in [3.8, 4) is 11.4 Å². The fourth-order valence-electron chi connectivity index (χ4n) is 3.14. The summed E-state index contributed by atoms with van der Waals surface area (Å²) in [7, 11) is 1.62. The standard InChI is InChI=1S/C17H23N5O2/c1-24-15-9-7-14(8-10-15)22-16(19-20-21-22)12-18-17(23)11-13-5-3-2-4-6-13/h7-10,13H,2-6,11-12H2,1H3,(H,18,23). The average Bonchev–Trinajstić information content (AvgIpc) is 3.09. The van der Waals surface area contributed by atoms with E-state index in [1.54, 1.807) is 11.8 Å². The van der Waals surface area contributed by atoms with Gasteiger partial charge in [-0.15, -0.1) is 5.10 Å². The summed E-state index contributed by atoms with van der Waals surface area (Å²) in [6.07, 6.45) is 6.72. The quantitative estimate of drug-likeness (QED) is 0.879. The van der Waals surface area contributed by atoms with Crippen molar-refractivity contribution >= 4 is 5.91 Å². The number of nitrogens with zero attached hydrogens (tertiary/aromatic N) is 4. The molecule has 128 valence electrons. The fraction of sp³-hybridized carbons (Fsp3) is 0.529. The molecule has 0 atom stereocenters. The van der Waals surface area contributed by atoms with Crippen LogP contribution in [0.25, 0.3) is 5.69 Å². The molecule has 1 aliphatic carbocycles. The van der Waals surface area contributed by atoms with E-state index in [2.05, 4.69) is 20.8 Å². The van der Waals surface area contributed by atoms with E-state index in [0.717, 1.165) is 24.3 Å². The summed E-state index contributed by atoms with van der Waals surface area (Å²) in [5.41, 5.74) is 0.831. The number of methoxy groups -OCH3 is 1. The van der Waals surface area contributed by atoms with E-state index in [4.69, 9.17) is 4.74 Å². The lowest BCUT2D eigenvalue weighted by Gasteiger charge is -2.20. The van der Waals surface area contributed by atoms with Gasteiger partial charge >= 0.3 is 0 Å². The lowest BCUT2D eigenvalue weighted by atomic mass is 9.87. The number of amides is 1. The zero-order chi connectivity index (χ0) is 16.8. The second-order valence-electron chi connectivity index (χ2n) is 6.19. The molecule has 0 saturated heterocycles. The number of hydrogen-bond acceptors (Lipinski definition) is 5. The second kappa shape index (κ2) is 7.90. The zero-order valence-electron chi connectivity index (χ0n) is 13.9. The highest BCUT2D eigenvalue weighted by molar-refractivity contribution is 5.76. The van der Waals surface area contributed by atoms with E-state index in [9.17, 15) is 4.79 Å². The molecule has 1 aliphatic rings. The minimum atomic E-state index is 0.0752. The highest BCUT2D eigenvalue weighted by Crippen LogP contribution is 2.26. The maximum atomic E-state index is 12.1. The van der Waals surface area contributed by atoms with Crippen LogP contribution in [0.15, 0.2) is 24.3 Å². The number of tetrazole rings is 1. The summed E-state index contributed by atoms with van der Waals surface area (Å²) < 4.78 is 6.78. The molecule has 7 nitrogen and oxygen atoms in total. The van der Waals surface area contributed by atoms with Crippen molar-refractivity contribution in [1.29, 1.82) is 0 Å². The normalized spacial score (nSPS) is 15.2. The molecule has 1 fully saturated rings. The van der Waals surface area contributed by atoms with Crippen molar-refractivity contribution in [3.05, 3.63) is 30.1 Å². The molecule has 24 heavy (non-hydrogen) atoms. The summed E-state index contributed by atoms with van der Waals surface area (Å²) >= 11 is 0. The highest BCUT2D eigenvalue weighted by atomic mass is 16.5. The van der Waals surface area contributed by atoms with Gasteiger partial charge in [0.25, 0.3) is 0 Å². The average molecular weight is 329 g/mol. The van der Waals surface area contributed by atoms with E-state index >= 15 is 0 Å². The van der Waals surface area contributed by atoms with E-state index in [0.29, 0.717) is 24.7 Å². The Balaban J connectivity index is 1.57. The molecular formula is C17H23N5O2. The van der Waals surface area contributed by atoms with Crippen LogP contribution < -0.4 is 10.1 Å². The number of carbonyl (C=O) groups excluding carboxylic acids is 1. The summed E-state index contributed by atoms with van der Waals surface area (Å²) in [5, 5.41) is 14.7. The minimum absolute atomic E-state index is 0.0752. The van der Waals surface area contributed by atoms with Gasteiger partial charge in [0, 0.05) is 6.42 Å². The van der Waals surface area contributed by atoms with Crippen LogP contribution in [0, 0.1) is 5.92 Å². The molecule has 2 aromatic rings. The number of rotatable bonds is 6. The zero-order valence-corrected chi connectivity index (χ0v) is 13.9. The molecule has 0 radical (unpaired) electrons. The van der Waals surface area contributed by atoms with Crippen LogP contribution >= 0.6 is 0 Å². The predicted molar refractivity (Wildman–Crippen MR) is 88.7 cm³/mol. The van der Waals surface area contributed by atoms with Gasteiger partial charge in [-0.3, -0.25) is 4.79 Å². The Kier molecular flexibility index (Phi) is 5.40. The van der Waals surface area contributed by atoms with Crippen LogP contribution in [0.4, 0.5) is 0 Å². The van der Waals surface area contributed by atoms with Gasteiger partial charge in [0.2, 0.25) is 5.91 Å². The highest BCUT2D eigenvalue weighted by Gasteiger charge is 2.17. The third-order valence-electron chi connectivity index (χ3n) is 4.49. The Morgan fingerprint density at radius 2 is 2.00 bits per heavy atom. The molecule has 1 N–H and O–H groups in total. The Hall–Kier alpha value is -2.44. The van der Waals surface area contributed by atoms with Crippen molar-refractivity contribution in [2.45, 2.75) is 45.1 Å². The molecule has 1 heterocycles. The van der Waals surface area contributed by atoms with Gasteiger partial charge in [0.15, 0.2) is 5.82 Å². The van der Waals surface area contributed by atoms with E-state index in [1.165, 1.54) is 19.3 Å². The predicted octanol–water partition coefficient (Wildman–Crippen LogP) is 2.26. The first-order chi connectivity index (χ1) is 11.8. The van der Waals surface area contributed by atoms with Crippen molar-refractivity contribution in [2.75, 3.05) is 7.11 Å². The lowest BCUT2D eigenvalue weighted by Crippen LogP contribution is -2.27. The Labute approximate surface area is 141 Å². The molecule has 0 spiro atoms. The van der Waals surface area contributed by atoms with Crippen molar-refractivity contribution in [2.24, 2.45) is 5.92 Å². The van der Waals surface area contributed by atoms with E-state index in [1.807, 2.05) is 24.3 Å². The Morgan fingerprint density at radius 3 is 2.71 bits per heavy atom. The molecule has 3 rings (SSSR count). The molecule has 7 heteroatoms. The van der Waals surface area contributed by atoms with Gasteiger partial charge in [0.05, 0.1) is 19.3 Å². The Bertz CT molecular complexity index is 662. The van der Waals surface area contributed by atoms with Crippen molar-refractivity contribution in [1.82, 2.24) is 25.5 Å². The number of ether oxygens (including phenoxy) is 1. The maximum Gasteiger partial charge on any atom is 0.220 e. The van der Waals surface area contributed by atoms with Gasteiger partial charge < -0.3 is 10.1 Å². The van der Waals surface area contributed by atoms with Crippen LogP contribution in [0.2, 0.25) is 0 Å². The van der Waals surface area contributed by atoms with Gasteiger partial charge in [-0.1, -0.05) is 19.3 Å². The van der Waals surface area contributed by atoms with E-state index < -0.39 is 0 Å². The van der Waals surface area contributed by atoms with Gasteiger partial charge in [-0.05, 0) is 53.5 Å². The lowest BCUT2D eigenvalue weighted by molar-refractivity contribution is -0.122. The minimum Gasteiger partial charge on any atom is -0.497 e. The van der Waals surface area contributed by atoms with Crippen LogP contribution in [0.1, 0.15) is 44.3 Å². The molecule has 0 unspecified atom stereocenters. The van der Waals surface area contributed by atoms with Gasteiger partial charge in [0.1, 0.15) is 5.75 Å². The topological polar surface area (TPSA) is 81.9 Å².